The molecule has 55 heavy (non-hydrogen) atoms. The van der Waals surface area contributed by atoms with Crippen LogP contribution in [-0.4, -0.2) is 54.3 Å². The van der Waals surface area contributed by atoms with Crippen LogP contribution in [0, 0.1) is 24.8 Å². The Morgan fingerprint density at radius 2 is 1.36 bits per heavy atom. The van der Waals surface area contributed by atoms with E-state index in [9.17, 15) is 4.39 Å². The predicted molar refractivity (Wildman–Crippen MR) is 234 cm³/mol. The zero-order valence-electron chi connectivity index (χ0n) is 37.1. The standard InChI is InChI=1S/C31H39N4Si2.C14H15FGeN.Ir/c1-21-20-32-27(22-14-12-11-13-15-22)19-25(21)24-17-16-23(18-26(24)31(2,3)4)28-33-29(36(5,6)7)35-30(34-28)37(8,9)10;1-16(2,3)13-8-9-14(17-10-13)11-4-6-12(15)7-5-11;/h11-14,16-20H,1-10H3;4,6-10H,1-3H3;/q2*-1;/i1D3;;. The fraction of sp³-hybridized carbons (Fsp3) is 0.311. The second-order valence-electron chi connectivity index (χ2n) is 17.8. The Labute approximate surface area is 351 Å². The molecule has 10 heteroatoms. The van der Waals surface area contributed by atoms with Crippen molar-refractivity contribution in [1.29, 1.82) is 0 Å². The Kier molecular flexibility index (Phi) is 12.5. The fourth-order valence-corrected chi connectivity index (χ4v) is 9.70. The van der Waals surface area contributed by atoms with Gasteiger partial charge in [-0.25, -0.2) is 15.0 Å². The van der Waals surface area contributed by atoms with Crippen LogP contribution in [0.25, 0.3) is 45.0 Å². The van der Waals surface area contributed by atoms with E-state index in [1.165, 1.54) is 22.7 Å². The zero-order chi connectivity index (χ0) is 42.1. The first-order valence-electron chi connectivity index (χ1n) is 19.9. The number of aromatic nitrogens is 5. The van der Waals surface area contributed by atoms with Gasteiger partial charge in [0.2, 0.25) is 0 Å². The molecule has 0 bridgehead atoms. The third-order valence-corrected chi connectivity index (χ3v) is 16.3. The summed E-state index contributed by atoms with van der Waals surface area (Å²) in [5.74, 6) is 7.42. The molecule has 3 heterocycles. The van der Waals surface area contributed by atoms with Crippen LogP contribution in [0.5, 0.6) is 0 Å². The molecular weight excluding hydrogens is 951 g/mol. The SMILES string of the molecule is [2H]C([2H])([2H])c1cnc(-c2[c-]cccc2)cc1-c1ccc(-c2nc([Si](C)(C)C)nc([Si](C)(C)C)n2)cc1C(C)(C)C.[CH3][Ge]([CH3])([CH3])[c]1ccc(-c2[c-]cc(F)cc2)nc1.[Ir]. The van der Waals surface area contributed by atoms with Crippen molar-refractivity contribution in [2.24, 2.45) is 0 Å². The van der Waals surface area contributed by atoms with E-state index in [-0.39, 0.29) is 36.9 Å². The molecule has 0 saturated heterocycles. The third-order valence-electron chi connectivity index (χ3n) is 8.92. The minimum Gasteiger partial charge on any atom is 0 e. The van der Waals surface area contributed by atoms with Crippen LogP contribution in [0.3, 0.4) is 0 Å². The van der Waals surface area contributed by atoms with E-state index >= 15 is 0 Å². The Morgan fingerprint density at radius 3 is 1.87 bits per heavy atom. The Morgan fingerprint density at radius 1 is 0.709 bits per heavy atom. The number of benzene rings is 3. The van der Waals surface area contributed by atoms with Gasteiger partial charge >= 0.3 is 104 Å². The van der Waals surface area contributed by atoms with Crippen LogP contribution in [0.1, 0.15) is 36.0 Å². The maximum absolute atomic E-state index is 12.8. The molecule has 6 aromatic rings. The molecule has 0 atom stereocenters. The van der Waals surface area contributed by atoms with Gasteiger partial charge in [-0.2, -0.15) is 0 Å². The summed E-state index contributed by atoms with van der Waals surface area (Å²) in [5, 5.41) is 0. The molecule has 5 nitrogen and oxygen atoms in total. The number of hydrogen-bond acceptors (Lipinski definition) is 5. The first kappa shape index (κ1) is 39.7. The van der Waals surface area contributed by atoms with Crippen LogP contribution < -0.4 is 15.3 Å². The van der Waals surface area contributed by atoms with Gasteiger partial charge in [0, 0.05) is 36.0 Å². The van der Waals surface area contributed by atoms with Crippen molar-refractivity contribution >= 4 is 44.7 Å². The summed E-state index contributed by atoms with van der Waals surface area (Å²) in [6.45, 7) is 17.6. The van der Waals surface area contributed by atoms with Crippen molar-refractivity contribution in [3.05, 3.63) is 120 Å². The summed E-state index contributed by atoms with van der Waals surface area (Å²) in [7, 11) is -3.60. The average molecular weight is 1010 g/mol. The van der Waals surface area contributed by atoms with Gasteiger partial charge in [0.1, 0.15) is 27.0 Å². The van der Waals surface area contributed by atoms with E-state index in [1.54, 1.807) is 6.07 Å². The molecule has 3 aromatic carbocycles. The number of nitrogens with zero attached hydrogens (tertiary/aromatic N) is 5. The molecule has 0 N–H and O–H groups in total. The van der Waals surface area contributed by atoms with Crippen LogP contribution in [0.15, 0.2) is 91.3 Å². The molecule has 0 fully saturated rings. The van der Waals surface area contributed by atoms with E-state index in [1.807, 2.05) is 54.7 Å². The number of hydrogen-bond donors (Lipinski definition) is 0. The summed E-state index contributed by atoms with van der Waals surface area (Å²) in [6, 6.07) is 30.4. The molecule has 0 aliphatic carbocycles. The Hall–Kier alpha value is -3.47. The van der Waals surface area contributed by atoms with Gasteiger partial charge in [-0.15, -0.1) is 35.9 Å². The molecule has 0 amide bonds. The molecule has 289 valence electrons. The van der Waals surface area contributed by atoms with Gasteiger partial charge in [-0.1, -0.05) is 78.3 Å². The molecule has 3 aromatic heterocycles. The molecule has 0 aliphatic heterocycles. The van der Waals surface area contributed by atoms with Gasteiger partial charge in [-0.05, 0) is 46.3 Å². The summed E-state index contributed by atoms with van der Waals surface area (Å²) >= 11 is -1.79. The molecular formula is C45H54FGeIrN5Si2-2. The summed E-state index contributed by atoms with van der Waals surface area (Å²) in [5.41, 5.74) is 8.42. The molecule has 1 radical (unpaired) electrons. The minimum atomic E-state index is -2.32. The monoisotopic (exact) mass is 1010 g/mol. The van der Waals surface area contributed by atoms with E-state index in [0.29, 0.717) is 17.1 Å². The molecule has 0 spiro atoms. The number of aryl methyl sites for hydroxylation is 1. The number of halogens is 1. The van der Waals surface area contributed by atoms with Crippen molar-refractivity contribution in [3.63, 3.8) is 0 Å². The van der Waals surface area contributed by atoms with Crippen molar-refractivity contribution < 1.29 is 28.6 Å². The van der Waals surface area contributed by atoms with E-state index < -0.39 is 36.3 Å². The summed E-state index contributed by atoms with van der Waals surface area (Å²) < 4.78 is 39.0. The topological polar surface area (TPSA) is 64.5 Å². The molecule has 0 unspecified atom stereocenters. The summed E-state index contributed by atoms with van der Waals surface area (Å²) in [6.07, 6.45) is 3.44. The average Bonchev–Trinajstić information content (AvgIpc) is 3.13. The van der Waals surface area contributed by atoms with E-state index in [0.717, 1.165) is 44.4 Å². The normalized spacial score (nSPS) is 13.1. The molecule has 6 rings (SSSR count). The van der Waals surface area contributed by atoms with Crippen molar-refractivity contribution in [1.82, 2.24) is 24.9 Å². The van der Waals surface area contributed by atoms with Gasteiger partial charge in [0.05, 0.1) is 0 Å². The van der Waals surface area contributed by atoms with Crippen molar-refractivity contribution in [2.45, 2.75) is 89.6 Å². The van der Waals surface area contributed by atoms with Gasteiger partial charge in [0.15, 0.2) is 5.82 Å². The van der Waals surface area contributed by atoms with E-state index in [2.05, 4.69) is 112 Å². The Bertz CT molecular complexity index is 2300. The van der Waals surface area contributed by atoms with E-state index in [4.69, 9.17) is 19.1 Å². The fourth-order valence-electron chi connectivity index (χ4n) is 5.65. The zero-order valence-corrected chi connectivity index (χ0v) is 40.6. The van der Waals surface area contributed by atoms with Crippen LogP contribution in [0.4, 0.5) is 4.39 Å². The maximum Gasteiger partial charge on any atom is 0 e. The van der Waals surface area contributed by atoms with Crippen molar-refractivity contribution in [3.8, 4) is 45.0 Å². The maximum atomic E-state index is 12.8. The van der Waals surface area contributed by atoms with Crippen molar-refractivity contribution in [2.75, 3.05) is 0 Å². The van der Waals surface area contributed by atoms with Crippen LogP contribution in [-0.2, 0) is 25.5 Å². The van der Waals surface area contributed by atoms with Crippen LogP contribution >= 0.6 is 0 Å². The van der Waals surface area contributed by atoms with Gasteiger partial charge < -0.3 is 4.98 Å². The first-order valence-corrected chi connectivity index (χ1v) is 32.7. The molecule has 0 aliphatic rings. The van der Waals surface area contributed by atoms with Crippen LogP contribution in [0.2, 0.25) is 56.6 Å². The minimum absolute atomic E-state index is 0. The number of pyridine rings is 2. The third kappa shape index (κ3) is 11.3. The predicted octanol–water partition coefficient (Wildman–Crippen LogP) is 9.99. The van der Waals surface area contributed by atoms with Gasteiger partial charge in [-0.3, -0.25) is 0 Å². The first-order chi connectivity index (χ1) is 26.3. The second kappa shape index (κ2) is 17.3. The quantitative estimate of drug-likeness (QED) is 0.118. The summed E-state index contributed by atoms with van der Waals surface area (Å²) in [4.78, 5) is 23.9. The molecule has 0 saturated carbocycles. The Balaban J connectivity index is 0.000000345. The van der Waals surface area contributed by atoms with Gasteiger partial charge in [0.25, 0.3) is 0 Å². The largest absolute Gasteiger partial charge is 0 e. The smallest absolute Gasteiger partial charge is 0 e. The number of rotatable bonds is 7. The second-order valence-corrected chi connectivity index (χ2v) is 38.4.